The first kappa shape index (κ1) is 11.6. The van der Waals surface area contributed by atoms with E-state index >= 15 is 0 Å². The Bertz CT molecular complexity index is 468. The molecule has 0 radical (unpaired) electrons. The van der Waals surface area contributed by atoms with Gasteiger partial charge in [-0.05, 0) is 48.9 Å². The number of hydrogen-bond donors (Lipinski definition) is 1. The lowest BCUT2D eigenvalue weighted by molar-refractivity contribution is -0.135. The SMILES string of the molecule is CN(C(=O)C(N)=O)c1ccc2c(c1)CCCC2. The topological polar surface area (TPSA) is 63.4 Å². The number of carbonyl (C=O) groups excluding carboxylic acids is 2. The molecule has 0 bridgehead atoms. The quantitative estimate of drug-likeness (QED) is 0.734. The minimum atomic E-state index is -0.926. The second kappa shape index (κ2) is 4.57. The molecule has 4 heteroatoms. The number of primary amides is 1. The summed E-state index contributed by atoms with van der Waals surface area (Å²) in [4.78, 5) is 23.6. The van der Waals surface area contributed by atoms with Gasteiger partial charge >= 0.3 is 11.8 Å². The van der Waals surface area contributed by atoms with Crippen molar-refractivity contribution < 1.29 is 9.59 Å². The van der Waals surface area contributed by atoms with Gasteiger partial charge in [-0.25, -0.2) is 0 Å². The van der Waals surface area contributed by atoms with Crippen LogP contribution in [-0.2, 0) is 22.4 Å². The van der Waals surface area contributed by atoms with E-state index in [0.717, 1.165) is 18.5 Å². The fraction of sp³-hybridized carbons (Fsp3) is 0.385. The molecule has 0 saturated carbocycles. The molecule has 17 heavy (non-hydrogen) atoms. The van der Waals surface area contributed by atoms with Crippen LogP contribution in [0.2, 0.25) is 0 Å². The summed E-state index contributed by atoms with van der Waals surface area (Å²) in [6.45, 7) is 0. The lowest BCUT2D eigenvalue weighted by Gasteiger charge is -2.20. The van der Waals surface area contributed by atoms with Gasteiger partial charge in [-0.15, -0.1) is 0 Å². The number of anilines is 1. The molecule has 4 nitrogen and oxygen atoms in total. The molecule has 0 fully saturated rings. The number of nitrogens with two attached hydrogens (primary N) is 1. The first-order valence-electron chi connectivity index (χ1n) is 5.79. The minimum absolute atomic E-state index is 0.680. The van der Waals surface area contributed by atoms with Crippen molar-refractivity contribution in [1.82, 2.24) is 0 Å². The van der Waals surface area contributed by atoms with Crippen molar-refractivity contribution in [3.63, 3.8) is 0 Å². The van der Waals surface area contributed by atoms with Crippen LogP contribution in [-0.4, -0.2) is 18.9 Å². The summed E-state index contributed by atoms with van der Waals surface area (Å²) in [7, 11) is 1.57. The van der Waals surface area contributed by atoms with E-state index in [1.807, 2.05) is 18.2 Å². The Balaban J connectivity index is 2.27. The van der Waals surface area contributed by atoms with Crippen LogP contribution in [0.15, 0.2) is 18.2 Å². The van der Waals surface area contributed by atoms with Crippen LogP contribution in [0.1, 0.15) is 24.0 Å². The molecular weight excluding hydrogens is 216 g/mol. The molecule has 1 aromatic carbocycles. The Morgan fingerprint density at radius 2 is 1.82 bits per heavy atom. The van der Waals surface area contributed by atoms with Crippen LogP contribution >= 0.6 is 0 Å². The molecule has 0 spiro atoms. The highest BCUT2D eigenvalue weighted by Crippen LogP contribution is 2.25. The largest absolute Gasteiger partial charge is 0.361 e. The minimum Gasteiger partial charge on any atom is -0.361 e. The van der Waals surface area contributed by atoms with Gasteiger partial charge in [0.05, 0.1) is 0 Å². The summed E-state index contributed by atoms with van der Waals surface area (Å²) >= 11 is 0. The van der Waals surface area contributed by atoms with Gasteiger partial charge in [-0.1, -0.05) is 6.07 Å². The van der Waals surface area contributed by atoms with Crippen LogP contribution in [0.25, 0.3) is 0 Å². The first-order chi connectivity index (χ1) is 8.09. The Labute approximate surface area is 100 Å². The zero-order valence-corrected chi connectivity index (χ0v) is 9.90. The van der Waals surface area contributed by atoms with Gasteiger partial charge in [0, 0.05) is 12.7 Å². The lowest BCUT2D eigenvalue weighted by Crippen LogP contribution is -2.37. The van der Waals surface area contributed by atoms with Gasteiger partial charge in [0.25, 0.3) is 0 Å². The molecule has 0 aromatic heterocycles. The van der Waals surface area contributed by atoms with Crippen molar-refractivity contribution in [2.45, 2.75) is 25.7 Å². The average Bonchev–Trinajstić information content (AvgIpc) is 2.36. The molecule has 0 heterocycles. The van der Waals surface area contributed by atoms with E-state index in [-0.39, 0.29) is 0 Å². The third-order valence-electron chi connectivity index (χ3n) is 3.23. The maximum Gasteiger partial charge on any atom is 0.315 e. The number of aryl methyl sites for hydroxylation is 2. The highest BCUT2D eigenvalue weighted by Gasteiger charge is 2.18. The number of benzene rings is 1. The van der Waals surface area contributed by atoms with Crippen molar-refractivity contribution in [3.05, 3.63) is 29.3 Å². The molecule has 2 amide bonds. The second-order valence-electron chi connectivity index (χ2n) is 4.39. The lowest BCUT2D eigenvalue weighted by atomic mass is 9.91. The van der Waals surface area contributed by atoms with Crippen molar-refractivity contribution in [1.29, 1.82) is 0 Å². The summed E-state index contributed by atoms with van der Waals surface area (Å²) < 4.78 is 0. The Hall–Kier alpha value is -1.84. The van der Waals surface area contributed by atoms with Crippen LogP contribution in [0.5, 0.6) is 0 Å². The van der Waals surface area contributed by atoms with Crippen LogP contribution in [0, 0.1) is 0 Å². The van der Waals surface area contributed by atoms with Crippen molar-refractivity contribution >= 4 is 17.5 Å². The van der Waals surface area contributed by atoms with Gasteiger partial charge in [0.2, 0.25) is 0 Å². The van der Waals surface area contributed by atoms with Crippen LogP contribution in [0.4, 0.5) is 5.69 Å². The highest BCUT2D eigenvalue weighted by molar-refractivity contribution is 6.39. The summed E-state index contributed by atoms with van der Waals surface area (Å²) in [6, 6.07) is 5.88. The maximum atomic E-state index is 11.5. The van der Waals surface area contributed by atoms with Gasteiger partial charge in [-0.3, -0.25) is 9.59 Å². The van der Waals surface area contributed by atoms with Crippen LogP contribution < -0.4 is 10.6 Å². The molecule has 2 N–H and O–H groups in total. The normalized spacial score (nSPS) is 13.9. The molecule has 2 rings (SSSR count). The van der Waals surface area contributed by atoms with Crippen molar-refractivity contribution in [2.75, 3.05) is 11.9 Å². The predicted octanol–water partition coefficient (Wildman–Crippen LogP) is 1.01. The molecular formula is C13H16N2O2. The van der Waals surface area contributed by atoms with Gasteiger partial charge in [0.1, 0.15) is 0 Å². The number of fused-ring (bicyclic) bond motifs is 1. The predicted molar refractivity (Wildman–Crippen MR) is 65.7 cm³/mol. The van der Waals surface area contributed by atoms with Crippen molar-refractivity contribution in [3.8, 4) is 0 Å². The summed E-state index contributed by atoms with van der Waals surface area (Å²) in [6.07, 6.45) is 4.55. The number of amides is 2. The van der Waals surface area contributed by atoms with Gasteiger partial charge < -0.3 is 10.6 Å². The monoisotopic (exact) mass is 232 g/mol. The second-order valence-corrected chi connectivity index (χ2v) is 4.39. The average molecular weight is 232 g/mol. The Morgan fingerprint density at radius 1 is 1.18 bits per heavy atom. The molecule has 1 aromatic rings. The number of hydrogen-bond acceptors (Lipinski definition) is 2. The standard InChI is InChI=1S/C13H16N2O2/c1-15(13(17)12(14)16)11-7-6-9-4-2-3-5-10(9)8-11/h6-8H,2-5H2,1H3,(H2,14,16). The number of nitrogens with zero attached hydrogens (tertiary/aromatic N) is 1. The molecule has 0 aliphatic heterocycles. The Kier molecular flexibility index (Phi) is 3.13. The van der Waals surface area contributed by atoms with E-state index in [9.17, 15) is 9.59 Å². The zero-order valence-electron chi connectivity index (χ0n) is 9.90. The fourth-order valence-electron chi connectivity index (χ4n) is 2.21. The van der Waals surface area contributed by atoms with Gasteiger partial charge in [0.15, 0.2) is 0 Å². The van der Waals surface area contributed by atoms with Crippen molar-refractivity contribution in [2.24, 2.45) is 5.73 Å². The third kappa shape index (κ3) is 2.30. The van der Waals surface area contributed by atoms with E-state index in [2.05, 4.69) is 0 Å². The fourth-order valence-corrected chi connectivity index (χ4v) is 2.21. The highest BCUT2D eigenvalue weighted by atomic mass is 16.2. The molecule has 0 atom stereocenters. The molecule has 0 unspecified atom stereocenters. The summed E-state index contributed by atoms with van der Waals surface area (Å²) in [5.74, 6) is -1.61. The Morgan fingerprint density at radius 3 is 2.47 bits per heavy atom. The molecule has 90 valence electrons. The third-order valence-corrected chi connectivity index (χ3v) is 3.23. The number of carbonyl (C=O) groups is 2. The van der Waals surface area contributed by atoms with E-state index in [1.165, 1.54) is 28.9 Å². The van der Waals surface area contributed by atoms with E-state index < -0.39 is 11.8 Å². The maximum absolute atomic E-state index is 11.5. The zero-order chi connectivity index (χ0) is 12.4. The van der Waals surface area contributed by atoms with E-state index in [1.54, 1.807) is 7.05 Å². The summed E-state index contributed by atoms with van der Waals surface area (Å²) in [5.41, 5.74) is 8.34. The molecule has 1 aliphatic rings. The van der Waals surface area contributed by atoms with Crippen LogP contribution in [0.3, 0.4) is 0 Å². The van der Waals surface area contributed by atoms with E-state index in [0.29, 0.717) is 0 Å². The smallest absolute Gasteiger partial charge is 0.315 e. The van der Waals surface area contributed by atoms with E-state index in [4.69, 9.17) is 5.73 Å². The number of likely N-dealkylation sites (N-methyl/N-ethyl adjacent to an activating group) is 1. The molecule has 0 saturated heterocycles. The number of rotatable bonds is 1. The summed E-state index contributed by atoms with van der Waals surface area (Å²) in [5, 5.41) is 0. The van der Waals surface area contributed by atoms with Gasteiger partial charge in [-0.2, -0.15) is 0 Å². The first-order valence-corrected chi connectivity index (χ1v) is 5.79. The molecule has 1 aliphatic carbocycles.